The van der Waals surface area contributed by atoms with Gasteiger partial charge >= 0.3 is 0 Å². The molecule has 0 radical (unpaired) electrons. The molecule has 5 nitrogen and oxygen atoms in total. The van der Waals surface area contributed by atoms with Crippen LogP contribution in [0.1, 0.15) is 11.6 Å². The maximum atomic E-state index is 12.5. The van der Waals surface area contributed by atoms with Gasteiger partial charge in [-0.3, -0.25) is 0 Å². The number of likely N-dealkylation sites (N-methyl/N-ethyl adjacent to an activating group) is 1. The van der Waals surface area contributed by atoms with Gasteiger partial charge in [-0.05, 0) is 53.8 Å². The first-order chi connectivity index (χ1) is 11.8. The van der Waals surface area contributed by atoms with E-state index in [2.05, 4.69) is 43.5 Å². The van der Waals surface area contributed by atoms with Gasteiger partial charge in [0.2, 0.25) is 10.0 Å². The first kappa shape index (κ1) is 18.6. The van der Waals surface area contributed by atoms with Gasteiger partial charge in [-0.25, -0.2) is 13.1 Å². The van der Waals surface area contributed by atoms with Crippen LogP contribution in [0, 0.1) is 0 Å². The Morgan fingerprint density at radius 3 is 2.60 bits per heavy atom. The number of hydrogen-bond acceptors (Lipinski definition) is 4. The number of fused-ring (bicyclic) bond motifs is 1. The molecule has 0 saturated heterocycles. The van der Waals surface area contributed by atoms with Crippen molar-refractivity contribution in [3.05, 3.63) is 51.9 Å². The van der Waals surface area contributed by atoms with E-state index in [1.807, 2.05) is 38.2 Å². The third-order valence-corrected chi connectivity index (χ3v) is 7.73. The molecule has 25 heavy (non-hydrogen) atoms. The number of rotatable bonds is 6. The van der Waals surface area contributed by atoms with Gasteiger partial charge in [0.05, 0.1) is 3.79 Å². The van der Waals surface area contributed by atoms with Gasteiger partial charge in [-0.1, -0.05) is 18.2 Å². The van der Waals surface area contributed by atoms with Crippen LogP contribution in [0.25, 0.3) is 10.9 Å². The maximum Gasteiger partial charge on any atom is 0.250 e. The number of thiophene rings is 1. The van der Waals surface area contributed by atoms with Crippen molar-refractivity contribution < 1.29 is 8.42 Å². The molecule has 2 aromatic heterocycles. The number of halogens is 1. The lowest BCUT2D eigenvalue weighted by Gasteiger charge is -2.24. The third kappa shape index (κ3) is 3.83. The average molecular weight is 442 g/mol. The van der Waals surface area contributed by atoms with Gasteiger partial charge in [-0.2, -0.15) is 0 Å². The molecule has 0 unspecified atom stereocenters. The molecule has 2 heterocycles. The van der Waals surface area contributed by atoms with E-state index in [1.165, 1.54) is 11.3 Å². The molecule has 0 aliphatic rings. The molecule has 0 spiro atoms. The summed E-state index contributed by atoms with van der Waals surface area (Å²) in [6.45, 7) is 0.304. The highest BCUT2D eigenvalue weighted by Crippen LogP contribution is 2.29. The van der Waals surface area contributed by atoms with Crippen LogP contribution >= 0.6 is 27.3 Å². The van der Waals surface area contributed by atoms with Crippen LogP contribution in [0.4, 0.5) is 0 Å². The molecule has 1 atom stereocenters. The summed E-state index contributed by atoms with van der Waals surface area (Å²) in [4.78, 5) is 2.04. The highest BCUT2D eigenvalue weighted by Gasteiger charge is 2.23. The topological polar surface area (TPSA) is 54.3 Å². The highest BCUT2D eigenvalue weighted by atomic mass is 79.9. The van der Waals surface area contributed by atoms with Crippen LogP contribution in [0.3, 0.4) is 0 Å². The Hall–Kier alpha value is -1.19. The third-order valence-electron chi connectivity index (χ3n) is 4.19. The minimum absolute atomic E-state index is 0.0655. The molecule has 0 fully saturated rings. The normalized spacial score (nSPS) is 13.6. The molecule has 0 aliphatic heterocycles. The fraction of sp³-hybridized carbons (Fsp3) is 0.294. The minimum Gasteiger partial charge on any atom is -0.350 e. The van der Waals surface area contributed by atoms with E-state index in [0.29, 0.717) is 10.8 Å². The van der Waals surface area contributed by atoms with Crippen molar-refractivity contribution in [2.75, 3.05) is 20.6 Å². The van der Waals surface area contributed by atoms with E-state index in [-0.39, 0.29) is 6.04 Å². The molecule has 8 heteroatoms. The molecule has 1 N–H and O–H groups in total. The van der Waals surface area contributed by atoms with E-state index in [0.717, 1.165) is 20.3 Å². The quantitative estimate of drug-likeness (QED) is 0.635. The summed E-state index contributed by atoms with van der Waals surface area (Å²) in [6.07, 6.45) is 2.07. The van der Waals surface area contributed by atoms with Crippen LogP contribution in [0.15, 0.2) is 50.6 Å². The fourth-order valence-electron chi connectivity index (χ4n) is 2.91. The number of para-hydroxylation sites is 1. The predicted octanol–water partition coefficient (Wildman–Crippen LogP) is 3.58. The fourth-order valence-corrected chi connectivity index (χ4v) is 6.00. The minimum atomic E-state index is -3.52. The summed E-state index contributed by atoms with van der Waals surface area (Å²) in [6, 6.07) is 11.4. The largest absolute Gasteiger partial charge is 0.350 e. The second-order valence-corrected chi connectivity index (χ2v) is 10.6. The van der Waals surface area contributed by atoms with Crippen LogP contribution in [-0.4, -0.2) is 38.5 Å². The van der Waals surface area contributed by atoms with Crippen LogP contribution in [0.2, 0.25) is 0 Å². The van der Waals surface area contributed by atoms with Gasteiger partial charge in [0.15, 0.2) is 0 Å². The van der Waals surface area contributed by atoms with Gasteiger partial charge in [0.1, 0.15) is 4.21 Å². The Balaban J connectivity index is 1.89. The molecule has 0 saturated carbocycles. The van der Waals surface area contributed by atoms with Gasteiger partial charge in [0, 0.05) is 36.7 Å². The summed E-state index contributed by atoms with van der Waals surface area (Å²) in [5, 5.41) is 1.14. The lowest BCUT2D eigenvalue weighted by Crippen LogP contribution is -2.34. The van der Waals surface area contributed by atoms with Crippen LogP contribution in [0.5, 0.6) is 0 Å². The smallest absolute Gasteiger partial charge is 0.250 e. The average Bonchev–Trinajstić information content (AvgIpc) is 3.13. The summed E-state index contributed by atoms with van der Waals surface area (Å²) < 4.78 is 31.0. The van der Waals surface area contributed by atoms with Crippen molar-refractivity contribution >= 4 is 48.2 Å². The highest BCUT2D eigenvalue weighted by molar-refractivity contribution is 9.11. The number of aromatic nitrogens is 1. The molecule has 0 aliphatic carbocycles. The van der Waals surface area contributed by atoms with Crippen molar-refractivity contribution in [2.24, 2.45) is 7.05 Å². The van der Waals surface area contributed by atoms with Crippen LogP contribution < -0.4 is 4.72 Å². The number of nitrogens with zero attached hydrogens (tertiary/aromatic N) is 2. The van der Waals surface area contributed by atoms with Gasteiger partial charge in [-0.15, -0.1) is 11.3 Å². The predicted molar refractivity (Wildman–Crippen MR) is 107 cm³/mol. The van der Waals surface area contributed by atoms with E-state index in [4.69, 9.17) is 0 Å². The molecule has 134 valence electrons. The number of nitrogens with one attached hydrogen (secondary N) is 1. The Morgan fingerprint density at radius 1 is 1.24 bits per heavy atom. The number of hydrogen-bond donors (Lipinski definition) is 1. The molecular formula is C17H20BrN3O2S2. The molecular weight excluding hydrogens is 422 g/mol. The first-order valence-electron chi connectivity index (χ1n) is 7.75. The summed E-state index contributed by atoms with van der Waals surface area (Å²) in [7, 11) is 2.41. The summed E-state index contributed by atoms with van der Waals surface area (Å²) >= 11 is 4.52. The molecule has 1 aromatic carbocycles. The van der Waals surface area contributed by atoms with E-state index in [1.54, 1.807) is 12.1 Å². The molecule has 3 rings (SSSR count). The van der Waals surface area contributed by atoms with Gasteiger partial charge in [0.25, 0.3) is 0 Å². The Kier molecular flexibility index (Phi) is 5.36. The zero-order chi connectivity index (χ0) is 18.2. The van der Waals surface area contributed by atoms with Crippen molar-refractivity contribution in [1.29, 1.82) is 0 Å². The SMILES string of the molecule is CN(C)[C@@H](CNS(=O)(=O)c1ccc(Br)s1)c1cn(C)c2ccccc12. The van der Waals surface area contributed by atoms with E-state index < -0.39 is 10.0 Å². The number of benzene rings is 1. The monoisotopic (exact) mass is 441 g/mol. The lowest BCUT2D eigenvalue weighted by atomic mass is 10.1. The summed E-state index contributed by atoms with van der Waals surface area (Å²) in [5.74, 6) is 0. The number of aryl methyl sites for hydroxylation is 1. The first-order valence-corrected chi connectivity index (χ1v) is 10.8. The van der Waals surface area contributed by atoms with Crippen molar-refractivity contribution in [2.45, 2.75) is 10.3 Å². The lowest BCUT2D eigenvalue weighted by molar-refractivity contribution is 0.301. The maximum absolute atomic E-state index is 12.5. The summed E-state index contributed by atoms with van der Waals surface area (Å²) in [5.41, 5.74) is 2.24. The standard InChI is InChI=1S/C17H20BrN3O2S2/c1-20(2)15(10-19-25(22,23)17-9-8-16(18)24-17)13-11-21(3)14-7-5-4-6-12(13)14/h4-9,11,15,19H,10H2,1-3H3/t15-/m0/s1. The molecule has 0 amide bonds. The second-order valence-electron chi connectivity index (χ2n) is 6.10. The second kappa shape index (κ2) is 7.20. The van der Waals surface area contributed by atoms with Crippen LogP contribution in [-0.2, 0) is 17.1 Å². The Bertz CT molecular complexity index is 992. The zero-order valence-electron chi connectivity index (χ0n) is 14.2. The van der Waals surface area contributed by atoms with Crippen molar-refractivity contribution in [3.63, 3.8) is 0 Å². The van der Waals surface area contributed by atoms with Crippen molar-refractivity contribution in [3.8, 4) is 0 Å². The Labute approximate surface area is 160 Å². The van der Waals surface area contributed by atoms with E-state index >= 15 is 0 Å². The number of sulfonamides is 1. The Morgan fingerprint density at radius 2 is 1.96 bits per heavy atom. The molecule has 0 bridgehead atoms. The van der Waals surface area contributed by atoms with Gasteiger partial charge < -0.3 is 9.47 Å². The van der Waals surface area contributed by atoms with Crippen molar-refractivity contribution in [1.82, 2.24) is 14.2 Å². The molecule has 3 aromatic rings. The zero-order valence-corrected chi connectivity index (χ0v) is 17.5. The van der Waals surface area contributed by atoms with E-state index in [9.17, 15) is 8.42 Å².